The molecule has 0 aliphatic carbocycles. The SMILES string of the molecule is O=C1NC(=O)C2(CCN(C(=O)Nc3ccccc3)CC2)N1. The molecule has 0 bridgehead atoms. The first-order valence-electron chi connectivity index (χ1n) is 6.84. The lowest BCUT2D eigenvalue weighted by Gasteiger charge is -2.36. The molecule has 0 radical (unpaired) electrons. The van der Waals surface area contributed by atoms with E-state index in [-0.39, 0.29) is 11.9 Å². The molecular weight excluding hydrogens is 272 g/mol. The first-order chi connectivity index (χ1) is 10.1. The summed E-state index contributed by atoms with van der Waals surface area (Å²) in [5, 5.41) is 7.73. The first kappa shape index (κ1) is 13.4. The molecule has 21 heavy (non-hydrogen) atoms. The van der Waals surface area contributed by atoms with Gasteiger partial charge in [-0.2, -0.15) is 0 Å². The van der Waals surface area contributed by atoms with Crippen LogP contribution in [-0.2, 0) is 4.79 Å². The molecule has 5 amide bonds. The van der Waals surface area contributed by atoms with Gasteiger partial charge < -0.3 is 15.5 Å². The number of piperidine rings is 1. The van der Waals surface area contributed by atoms with Crippen LogP contribution >= 0.6 is 0 Å². The number of nitrogens with zero attached hydrogens (tertiary/aromatic N) is 1. The topological polar surface area (TPSA) is 90.5 Å². The molecule has 3 rings (SSSR count). The third-order valence-corrected chi connectivity index (χ3v) is 3.94. The summed E-state index contributed by atoms with van der Waals surface area (Å²) < 4.78 is 0. The maximum atomic E-state index is 12.1. The molecule has 7 heteroatoms. The maximum Gasteiger partial charge on any atom is 0.322 e. The highest BCUT2D eigenvalue weighted by atomic mass is 16.2. The van der Waals surface area contributed by atoms with Crippen molar-refractivity contribution in [2.75, 3.05) is 18.4 Å². The molecule has 1 aromatic carbocycles. The summed E-state index contributed by atoms with van der Waals surface area (Å²) in [6.07, 6.45) is 0.847. The number of hydrogen-bond donors (Lipinski definition) is 3. The minimum Gasteiger partial charge on any atom is -0.324 e. The monoisotopic (exact) mass is 288 g/mol. The van der Waals surface area contributed by atoms with Crippen LogP contribution in [0.4, 0.5) is 15.3 Å². The van der Waals surface area contributed by atoms with Crippen LogP contribution in [0.5, 0.6) is 0 Å². The molecule has 1 spiro atoms. The standard InChI is InChI=1S/C14H16N4O3/c19-11-14(17-12(20)16-11)6-8-18(9-7-14)13(21)15-10-4-2-1-3-5-10/h1-5H,6-9H2,(H,15,21)(H2,16,17,19,20). The molecule has 2 aliphatic heterocycles. The molecule has 110 valence electrons. The number of anilines is 1. The maximum absolute atomic E-state index is 12.1. The third kappa shape index (κ3) is 2.54. The van der Waals surface area contributed by atoms with Crippen LogP contribution in [0.25, 0.3) is 0 Å². The Morgan fingerprint density at radius 2 is 1.81 bits per heavy atom. The summed E-state index contributed by atoms with van der Waals surface area (Å²) in [6.45, 7) is 0.846. The molecule has 0 unspecified atom stereocenters. The summed E-state index contributed by atoms with van der Waals surface area (Å²) in [6, 6.07) is 8.55. The predicted octanol–water partition coefficient (Wildman–Crippen LogP) is 0.892. The number of carbonyl (C=O) groups excluding carboxylic acids is 3. The van der Waals surface area contributed by atoms with E-state index in [1.807, 2.05) is 30.3 Å². The summed E-state index contributed by atoms with van der Waals surface area (Å²) in [4.78, 5) is 36.9. The van der Waals surface area contributed by atoms with Gasteiger partial charge >= 0.3 is 12.1 Å². The smallest absolute Gasteiger partial charge is 0.322 e. The Kier molecular flexibility index (Phi) is 3.25. The van der Waals surface area contributed by atoms with Gasteiger partial charge in [-0.25, -0.2) is 9.59 Å². The van der Waals surface area contributed by atoms with Crippen molar-refractivity contribution in [3.63, 3.8) is 0 Å². The number of hydrogen-bond acceptors (Lipinski definition) is 3. The molecule has 3 N–H and O–H groups in total. The van der Waals surface area contributed by atoms with Gasteiger partial charge in [-0.15, -0.1) is 0 Å². The lowest BCUT2D eigenvalue weighted by atomic mass is 9.88. The van der Waals surface area contributed by atoms with E-state index in [0.29, 0.717) is 25.9 Å². The van der Waals surface area contributed by atoms with Gasteiger partial charge in [0.1, 0.15) is 5.54 Å². The highest BCUT2D eigenvalue weighted by molar-refractivity contribution is 6.07. The zero-order valence-electron chi connectivity index (χ0n) is 11.4. The first-order valence-corrected chi connectivity index (χ1v) is 6.84. The normalized spacial score (nSPS) is 20.1. The van der Waals surface area contributed by atoms with Gasteiger partial charge in [0, 0.05) is 18.8 Å². The van der Waals surface area contributed by atoms with Crippen LogP contribution in [-0.4, -0.2) is 41.5 Å². The summed E-state index contributed by atoms with van der Waals surface area (Å²) in [5.74, 6) is -0.296. The highest BCUT2D eigenvalue weighted by Crippen LogP contribution is 2.25. The van der Waals surface area contributed by atoms with Crippen molar-refractivity contribution in [1.82, 2.24) is 15.5 Å². The van der Waals surface area contributed by atoms with E-state index in [9.17, 15) is 14.4 Å². The molecule has 1 aromatic rings. The number of rotatable bonds is 1. The Balaban J connectivity index is 1.60. The minimum absolute atomic E-state index is 0.194. The van der Waals surface area contributed by atoms with Crippen molar-refractivity contribution >= 4 is 23.7 Å². The molecular formula is C14H16N4O3. The zero-order chi connectivity index (χ0) is 14.9. The van der Waals surface area contributed by atoms with Crippen LogP contribution < -0.4 is 16.0 Å². The third-order valence-electron chi connectivity index (χ3n) is 3.94. The van der Waals surface area contributed by atoms with Crippen molar-refractivity contribution in [2.45, 2.75) is 18.4 Å². The van der Waals surface area contributed by atoms with Gasteiger partial charge in [0.2, 0.25) is 0 Å². The lowest BCUT2D eigenvalue weighted by Crippen LogP contribution is -2.56. The van der Waals surface area contributed by atoms with E-state index in [1.165, 1.54) is 0 Å². The van der Waals surface area contributed by atoms with Gasteiger partial charge in [-0.3, -0.25) is 10.1 Å². The largest absolute Gasteiger partial charge is 0.324 e. The Labute approximate surface area is 121 Å². The molecule has 0 aromatic heterocycles. The second kappa shape index (κ2) is 5.08. The number of benzene rings is 1. The van der Waals surface area contributed by atoms with Crippen LogP contribution in [0.2, 0.25) is 0 Å². The Hall–Kier alpha value is -2.57. The van der Waals surface area contributed by atoms with Gasteiger partial charge in [-0.1, -0.05) is 18.2 Å². The van der Waals surface area contributed by atoms with Crippen LogP contribution in [0.3, 0.4) is 0 Å². The summed E-state index contributed by atoms with van der Waals surface area (Å²) >= 11 is 0. The fraction of sp³-hybridized carbons (Fsp3) is 0.357. The molecule has 7 nitrogen and oxygen atoms in total. The van der Waals surface area contributed by atoms with Crippen molar-refractivity contribution in [3.8, 4) is 0 Å². The molecule has 2 saturated heterocycles. The Bertz CT molecular complexity index is 579. The second-order valence-electron chi connectivity index (χ2n) is 5.27. The number of amides is 5. The zero-order valence-corrected chi connectivity index (χ0v) is 11.4. The van der Waals surface area contributed by atoms with E-state index < -0.39 is 11.6 Å². The van der Waals surface area contributed by atoms with E-state index in [2.05, 4.69) is 16.0 Å². The molecule has 2 heterocycles. The molecule has 0 atom stereocenters. The van der Waals surface area contributed by atoms with Gasteiger partial charge in [0.25, 0.3) is 5.91 Å². The summed E-state index contributed by atoms with van der Waals surface area (Å²) in [7, 11) is 0. The van der Waals surface area contributed by atoms with Gasteiger partial charge in [-0.05, 0) is 25.0 Å². The fourth-order valence-electron chi connectivity index (χ4n) is 2.70. The minimum atomic E-state index is -0.847. The predicted molar refractivity (Wildman–Crippen MR) is 75.7 cm³/mol. The number of urea groups is 2. The van der Waals surface area contributed by atoms with Crippen molar-refractivity contribution in [3.05, 3.63) is 30.3 Å². The van der Waals surface area contributed by atoms with E-state index in [4.69, 9.17) is 0 Å². The quantitative estimate of drug-likeness (QED) is 0.670. The van der Waals surface area contributed by atoms with Crippen molar-refractivity contribution < 1.29 is 14.4 Å². The second-order valence-corrected chi connectivity index (χ2v) is 5.27. The van der Waals surface area contributed by atoms with Gasteiger partial charge in [0.05, 0.1) is 0 Å². The lowest BCUT2D eigenvalue weighted by molar-refractivity contribution is -0.125. The van der Waals surface area contributed by atoms with E-state index in [1.54, 1.807) is 4.90 Å². The van der Waals surface area contributed by atoms with Gasteiger partial charge in [0.15, 0.2) is 0 Å². The number of imide groups is 1. The molecule has 0 saturated carbocycles. The number of para-hydroxylation sites is 1. The Morgan fingerprint density at radius 1 is 1.14 bits per heavy atom. The summed E-state index contributed by atoms with van der Waals surface area (Å²) in [5.41, 5.74) is -0.115. The average molecular weight is 288 g/mol. The number of nitrogens with one attached hydrogen (secondary N) is 3. The molecule has 2 fully saturated rings. The highest BCUT2D eigenvalue weighted by Gasteiger charge is 2.48. The van der Waals surface area contributed by atoms with Crippen molar-refractivity contribution in [1.29, 1.82) is 0 Å². The van der Waals surface area contributed by atoms with Crippen molar-refractivity contribution in [2.24, 2.45) is 0 Å². The number of carbonyl (C=O) groups is 3. The van der Waals surface area contributed by atoms with E-state index >= 15 is 0 Å². The fourth-order valence-corrected chi connectivity index (χ4v) is 2.70. The average Bonchev–Trinajstić information content (AvgIpc) is 2.74. The number of likely N-dealkylation sites (tertiary alicyclic amines) is 1. The van der Waals surface area contributed by atoms with Crippen LogP contribution in [0.15, 0.2) is 30.3 Å². The molecule has 2 aliphatic rings. The van der Waals surface area contributed by atoms with E-state index in [0.717, 1.165) is 5.69 Å². The van der Waals surface area contributed by atoms with Crippen LogP contribution in [0, 0.1) is 0 Å². The Morgan fingerprint density at radius 3 is 2.38 bits per heavy atom. The van der Waals surface area contributed by atoms with Crippen LogP contribution in [0.1, 0.15) is 12.8 Å².